The Morgan fingerprint density at radius 3 is 2.50 bits per heavy atom. The molecule has 0 bridgehead atoms. The Kier molecular flexibility index (Phi) is 2.66. The molecular weight excluding hydrogens is 150 g/mol. The van der Waals surface area contributed by atoms with Gasteiger partial charge >= 0.3 is 0 Å². The summed E-state index contributed by atoms with van der Waals surface area (Å²) in [6, 6.07) is 0.402. The van der Waals surface area contributed by atoms with E-state index < -0.39 is 0 Å². The van der Waals surface area contributed by atoms with Crippen molar-refractivity contribution in [3.63, 3.8) is 0 Å². The van der Waals surface area contributed by atoms with Crippen molar-refractivity contribution >= 4 is 0 Å². The third kappa shape index (κ3) is 2.20. The summed E-state index contributed by atoms with van der Waals surface area (Å²) in [5.41, 5.74) is 0. The molecule has 0 radical (unpaired) electrons. The van der Waals surface area contributed by atoms with Crippen molar-refractivity contribution in [1.29, 1.82) is 0 Å². The van der Waals surface area contributed by atoms with Crippen LogP contribution in [0.5, 0.6) is 0 Å². The van der Waals surface area contributed by atoms with E-state index in [4.69, 9.17) is 0 Å². The highest BCUT2D eigenvalue weighted by molar-refractivity contribution is 4.83. The van der Waals surface area contributed by atoms with Crippen LogP contribution in [-0.2, 0) is 0 Å². The molecule has 12 heavy (non-hydrogen) atoms. The molecule has 2 aliphatic rings. The van der Waals surface area contributed by atoms with E-state index in [2.05, 4.69) is 5.32 Å². The van der Waals surface area contributed by atoms with Gasteiger partial charge in [-0.25, -0.2) is 0 Å². The normalized spacial score (nSPS) is 36.8. The minimum Gasteiger partial charge on any atom is -0.392 e. The highest BCUT2D eigenvalue weighted by Gasteiger charge is 2.26. The van der Waals surface area contributed by atoms with Crippen molar-refractivity contribution in [2.24, 2.45) is 5.92 Å². The average molecular weight is 169 g/mol. The van der Waals surface area contributed by atoms with Gasteiger partial charge in [0.05, 0.1) is 6.10 Å². The number of nitrogens with one attached hydrogen (secondary N) is 1. The molecule has 0 saturated heterocycles. The summed E-state index contributed by atoms with van der Waals surface area (Å²) in [5, 5.41) is 13.1. The molecule has 0 aromatic rings. The van der Waals surface area contributed by atoms with Gasteiger partial charge in [0.25, 0.3) is 0 Å². The second-order valence-electron chi connectivity index (χ2n) is 4.31. The largest absolute Gasteiger partial charge is 0.392 e. The number of hydrogen-bond donors (Lipinski definition) is 2. The Hall–Kier alpha value is -0.0800. The van der Waals surface area contributed by atoms with Gasteiger partial charge in [0.15, 0.2) is 0 Å². The zero-order valence-corrected chi connectivity index (χ0v) is 7.63. The van der Waals surface area contributed by atoms with Gasteiger partial charge in [-0.1, -0.05) is 12.8 Å². The smallest absolute Gasteiger partial charge is 0.0693 e. The molecule has 2 rings (SSSR count). The van der Waals surface area contributed by atoms with Gasteiger partial charge in [0.2, 0.25) is 0 Å². The summed E-state index contributed by atoms with van der Waals surface area (Å²) in [5.74, 6) is 0.930. The first-order chi connectivity index (χ1) is 5.86. The maximum atomic E-state index is 9.64. The topological polar surface area (TPSA) is 32.3 Å². The summed E-state index contributed by atoms with van der Waals surface area (Å²) in [6.45, 7) is 1.14. The summed E-state index contributed by atoms with van der Waals surface area (Å²) >= 11 is 0. The van der Waals surface area contributed by atoms with Gasteiger partial charge in [-0.2, -0.15) is 0 Å². The molecule has 2 saturated carbocycles. The van der Waals surface area contributed by atoms with E-state index in [0.29, 0.717) is 6.04 Å². The fourth-order valence-corrected chi connectivity index (χ4v) is 1.99. The van der Waals surface area contributed by atoms with Gasteiger partial charge in [-0.3, -0.25) is 0 Å². The molecule has 0 aliphatic heterocycles. The highest BCUT2D eigenvalue weighted by Crippen LogP contribution is 2.28. The number of hydrogen-bond acceptors (Lipinski definition) is 2. The molecule has 2 unspecified atom stereocenters. The second kappa shape index (κ2) is 3.75. The quantitative estimate of drug-likeness (QED) is 0.667. The third-order valence-electron chi connectivity index (χ3n) is 3.10. The van der Waals surface area contributed by atoms with Crippen molar-refractivity contribution in [2.45, 2.75) is 50.7 Å². The summed E-state index contributed by atoms with van der Waals surface area (Å²) < 4.78 is 0. The van der Waals surface area contributed by atoms with Crippen LogP contribution in [0.4, 0.5) is 0 Å². The minimum absolute atomic E-state index is 0.0718. The van der Waals surface area contributed by atoms with Crippen molar-refractivity contribution in [3.05, 3.63) is 0 Å². The van der Waals surface area contributed by atoms with E-state index in [1.165, 1.54) is 32.1 Å². The molecule has 2 aliphatic carbocycles. The van der Waals surface area contributed by atoms with Crippen LogP contribution < -0.4 is 5.32 Å². The van der Waals surface area contributed by atoms with Crippen molar-refractivity contribution in [2.75, 3.05) is 6.54 Å². The van der Waals surface area contributed by atoms with E-state index in [1.54, 1.807) is 0 Å². The van der Waals surface area contributed by atoms with E-state index in [9.17, 15) is 5.11 Å². The molecule has 0 heterocycles. The first-order valence-electron chi connectivity index (χ1n) is 5.28. The fraction of sp³-hybridized carbons (Fsp3) is 1.00. The van der Waals surface area contributed by atoms with Crippen LogP contribution in [0.1, 0.15) is 38.5 Å². The molecule has 2 N–H and O–H groups in total. The standard InChI is InChI=1S/C10H19NO/c12-10-4-2-1-3-9(10)11-7-8-5-6-8/h8-12H,1-7H2. The number of aliphatic hydroxyl groups excluding tert-OH is 1. The molecule has 2 atom stereocenters. The maximum absolute atomic E-state index is 9.64. The third-order valence-corrected chi connectivity index (χ3v) is 3.10. The zero-order chi connectivity index (χ0) is 8.39. The van der Waals surface area contributed by atoms with Crippen molar-refractivity contribution in [3.8, 4) is 0 Å². The van der Waals surface area contributed by atoms with E-state index in [-0.39, 0.29) is 6.10 Å². The lowest BCUT2D eigenvalue weighted by Crippen LogP contribution is -2.42. The van der Waals surface area contributed by atoms with Crippen LogP contribution in [0.15, 0.2) is 0 Å². The van der Waals surface area contributed by atoms with E-state index in [0.717, 1.165) is 18.9 Å². The van der Waals surface area contributed by atoms with Gasteiger partial charge in [0.1, 0.15) is 0 Å². The molecule has 0 aromatic heterocycles. The lowest BCUT2D eigenvalue weighted by Gasteiger charge is -2.28. The molecule has 0 spiro atoms. The Balaban J connectivity index is 1.68. The number of aliphatic hydroxyl groups is 1. The second-order valence-corrected chi connectivity index (χ2v) is 4.31. The summed E-state index contributed by atoms with van der Waals surface area (Å²) in [7, 11) is 0. The highest BCUT2D eigenvalue weighted by atomic mass is 16.3. The predicted molar refractivity (Wildman–Crippen MR) is 49.0 cm³/mol. The van der Waals surface area contributed by atoms with Crippen LogP contribution in [-0.4, -0.2) is 23.8 Å². The van der Waals surface area contributed by atoms with Crippen molar-refractivity contribution in [1.82, 2.24) is 5.32 Å². The van der Waals surface area contributed by atoms with Crippen LogP contribution in [0.25, 0.3) is 0 Å². The summed E-state index contributed by atoms with van der Waals surface area (Å²) in [6.07, 6.45) is 7.40. The predicted octanol–water partition coefficient (Wildman–Crippen LogP) is 1.29. The number of rotatable bonds is 3. The van der Waals surface area contributed by atoms with Crippen LogP contribution in [0, 0.1) is 5.92 Å². The molecule has 2 fully saturated rings. The van der Waals surface area contributed by atoms with E-state index >= 15 is 0 Å². The SMILES string of the molecule is OC1CCCCC1NCC1CC1. The average Bonchev–Trinajstić information content (AvgIpc) is 2.86. The molecule has 70 valence electrons. The Morgan fingerprint density at radius 2 is 1.83 bits per heavy atom. The van der Waals surface area contributed by atoms with Crippen LogP contribution >= 0.6 is 0 Å². The molecule has 0 amide bonds. The van der Waals surface area contributed by atoms with Gasteiger partial charge < -0.3 is 10.4 Å². The minimum atomic E-state index is -0.0718. The monoisotopic (exact) mass is 169 g/mol. The maximum Gasteiger partial charge on any atom is 0.0693 e. The molecule has 2 heteroatoms. The Labute approximate surface area is 74.4 Å². The van der Waals surface area contributed by atoms with Crippen molar-refractivity contribution < 1.29 is 5.11 Å². The Bertz CT molecular complexity index is 145. The van der Waals surface area contributed by atoms with Gasteiger partial charge in [0, 0.05) is 6.04 Å². The molecular formula is C10H19NO. The Morgan fingerprint density at radius 1 is 1.08 bits per heavy atom. The zero-order valence-electron chi connectivity index (χ0n) is 7.63. The van der Waals surface area contributed by atoms with Crippen LogP contribution in [0.3, 0.4) is 0 Å². The van der Waals surface area contributed by atoms with Gasteiger partial charge in [-0.05, 0) is 38.1 Å². The lowest BCUT2D eigenvalue weighted by molar-refractivity contribution is 0.0906. The fourth-order valence-electron chi connectivity index (χ4n) is 1.99. The summed E-state index contributed by atoms with van der Waals surface area (Å²) in [4.78, 5) is 0. The van der Waals surface area contributed by atoms with Gasteiger partial charge in [-0.15, -0.1) is 0 Å². The molecule has 2 nitrogen and oxygen atoms in total. The molecule has 0 aromatic carbocycles. The van der Waals surface area contributed by atoms with Crippen LogP contribution in [0.2, 0.25) is 0 Å². The first-order valence-corrected chi connectivity index (χ1v) is 5.28. The lowest BCUT2D eigenvalue weighted by atomic mass is 9.92. The first kappa shape index (κ1) is 8.52. The van der Waals surface area contributed by atoms with E-state index in [1.807, 2.05) is 0 Å².